The van der Waals surface area contributed by atoms with Crippen molar-refractivity contribution in [1.29, 1.82) is 0 Å². The molecule has 4 heterocycles. The number of benzene rings is 1. The highest BCUT2D eigenvalue weighted by atomic mass is 16.5. The summed E-state index contributed by atoms with van der Waals surface area (Å²) in [5.41, 5.74) is 1.09. The molecular formula is C18H17N3O3. The largest absolute Gasteiger partial charge is 0.370 e. The van der Waals surface area contributed by atoms with Crippen LogP contribution in [0.15, 0.2) is 43.0 Å². The summed E-state index contributed by atoms with van der Waals surface area (Å²) in [5.74, 6) is -0.888. The van der Waals surface area contributed by atoms with Crippen molar-refractivity contribution in [2.45, 2.75) is 31.5 Å². The first-order valence-electron chi connectivity index (χ1n) is 8.22. The van der Waals surface area contributed by atoms with Crippen molar-refractivity contribution in [3.05, 3.63) is 43.0 Å². The molecule has 6 nitrogen and oxygen atoms in total. The molecule has 0 N–H and O–H groups in total. The van der Waals surface area contributed by atoms with Crippen LogP contribution in [-0.4, -0.2) is 33.1 Å². The van der Waals surface area contributed by atoms with Crippen LogP contribution in [0.2, 0.25) is 0 Å². The predicted molar refractivity (Wildman–Crippen MR) is 85.5 cm³/mol. The van der Waals surface area contributed by atoms with E-state index >= 15 is 0 Å². The van der Waals surface area contributed by atoms with Crippen LogP contribution in [0.1, 0.15) is 19.8 Å². The van der Waals surface area contributed by atoms with Crippen molar-refractivity contribution >= 4 is 17.5 Å². The van der Waals surface area contributed by atoms with Gasteiger partial charge in [0.15, 0.2) is 0 Å². The first-order chi connectivity index (χ1) is 11.6. The molecule has 122 valence electrons. The lowest BCUT2D eigenvalue weighted by Crippen LogP contribution is -2.39. The van der Waals surface area contributed by atoms with E-state index in [1.54, 1.807) is 12.5 Å². The van der Waals surface area contributed by atoms with E-state index in [-0.39, 0.29) is 29.8 Å². The van der Waals surface area contributed by atoms with E-state index in [4.69, 9.17) is 4.74 Å². The zero-order chi connectivity index (χ0) is 16.5. The first-order valence-corrected chi connectivity index (χ1v) is 8.22. The molecule has 0 aliphatic carbocycles. The van der Waals surface area contributed by atoms with Crippen LogP contribution < -0.4 is 4.90 Å². The minimum absolute atomic E-state index is 0.105. The number of carbonyl (C=O) groups is 2. The summed E-state index contributed by atoms with van der Waals surface area (Å²) in [4.78, 5) is 31.1. The molecule has 6 heteroatoms. The summed E-state index contributed by atoms with van der Waals surface area (Å²) in [6.45, 7) is 1.97. The third-order valence-corrected chi connectivity index (χ3v) is 5.67. The number of fused-ring (bicyclic) bond motifs is 5. The number of carbonyl (C=O) groups excluding carboxylic acids is 2. The smallest absolute Gasteiger partial charge is 0.240 e. The van der Waals surface area contributed by atoms with Gasteiger partial charge in [0.2, 0.25) is 11.8 Å². The molecule has 0 saturated carbocycles. The Bertz CT molecular complexity index is 830. The molecule has 3 aliphatic rings. The number of amides is 2. The number of ether oxygens (including phenoxy) is 1. The van der Waals surface area contributed by atoms with Crippen LogP contribution in [0.5, 0.6) is 0 Å². The van der Waals surface area contributed by atoms with Gasteiger partial charge in [-0.2, -0.15) is 0 Å². The van der Waals surface area contributed by atoms with Crippen molar-refractivity contribution < 1.29 is 14.3 Å². The lowest BCUT2D eigenvalue weighted by molar-refractivity contribution is -0.126. The standard InChI is InChI=1S/C18H17N3O3/c1-18-7-6-13(24-18)14-15(18)17(23)21(16(14)22)12-4-2-11(3-5-12)20-9-8-19-10-20/h2-5,8-10,13-15H,6-7H2,1H3/t13-,14-,15+,18?/m0/s1. The fourth-order valence-corrected chi connectivity index (χ4v) is 4.52. The Balaban J connectivity index is 1.49. The third-order valence-electron chi connectivity index (χ3n) is 5.67. The second-order valence-corrected chi connectivity index (χ2v) is 7.01. The number of nitrogens with zero attached hydrogens (tertiary/aromatic N) is 3. The highest BCUT2D eigenvalue weighted by molar-refractivity contribution is 6.23. The topological polar surface area (TPSA) is 64.4 Å². The van der Waals surface area contributed by atoms with Crippen LogP contribution in [-0.2, 0) is 14.3 Å². The molecule has 5 rings (SSSR count). The monoisotopic (exact) mass is 323 g/mol. The van der Waals surface area contributed by atoms with E-state index in [0.717, 1.165) is 18.5 Å². The van der Waals surface area contributed by atoms with Gasteiger partial charge in [-0.3, -0.25) is 9.59 Å². The van der Waals surface area contributed by atoms with Crippen molar-refractivity contribution in [3.8, 4) is 5.69 Å². The van der Waals surface area contributed by atoms with Gasteiger partial charge in [-0.25, -0.2) is 9.88 Å². The molecule has 1 unspecified atom stereocenters. The normalized spacial score (nSPS) is 34.2. The molecule has 3 aliphatic heterocycles. The predicted octanol–water partition coefficient (Wildman–Crippen LogP) is 1.93. The summed E-state index contributed by atoms with van der Waals surface area (Å²) in [5, 5.41) is 0. The molecule has 2 bridgehead atoms. The number of hydrogen-bond donors (Lipinski definition) is 0. The SMILES string of the molecule is CC12CC[C@H](O1)[C@@H]1C(=O)N(c3ccc(-n4ccnc4)cc3)C(=O)[C@@H]12. The Labute approximate surface area is 139 Å². The Hall–Kier alpha value is -2.47. The Morgan fingerprint density at radius 2 is 1.92 bits per heavy atom. The summed E-state index contributed by atoms with van der Waals surface area (Å²) < 4.78 is 7.82. The van der Waals surface area contributed by atoms with Crippen LogP contribution in [0, 0.1) is 11.8 Å². The number of imide groups is 1. The zero-order valence-electron chi connectivity index (χ0n) is 13.3. The summed E-state index contributed by atoms with van der Waals surface area (Å²) >= 11 is 0. The Kier molecular flexibility index (Phi) is 2.63. The van der Waals surface area contributed by atoms with E-state index in [0.29, 0.717) is 5.69 Å². The van der Waals surface area contributed by atoms with Gasteiger partial charge in [-0.05, 0) is 44.0 Å². The molecule has 2 amide bonds. The molecule has 1 aromatic carbocycles. The Morgan fingerprint density at radius 1 is 1.17 bits per heavy atom. The summed E-state index contributed by atoms with van der Waals surface area (Å²) in [6, 6.07) is 7.41. The number of hydrogen-bond acceptors (Lipinski definition) is 4. The number of rotatable bonds is 2. The lowest BCUT2D eigenvalue weighted by Gasteiger charge is -2.26. The van der Waals surface area contributed by atoms with E-state index in [2.05, 4.69) is 4.98 Å². The quantitative estimate of drug-likeness (QED) is 0.792. The fourth-order valence-electron chi connectivity index (χ4n) is 4.52. The highest BCUT2D eigenvalue weighted by Crippen LogP contribution is 2.55. The van der Waals surface area contributed by atoms with Crippen LogP contribution in [0.25, 0.3) is 5.69 Å². The second kappa shape index (κ2) is 4.54. The lowest BCUT2D eigenvalue weighted by atomic mass is 9.74. The van der Waals surface area contributed by atoms with E-state index in [1.165, 1.54) is 4.90 Å². The maximum absolute atomic E-state index is 12.9. The van der Waals surface area contributed by atoms with Gasteiger partial charge >= 0.3 is 0 Å². The van der Waals surface area contributed by atoms with Crippen molar-refractivity contribution in [2.24, 2.45) is 11.8 Å². The minimum atomic E-state index is -0.479. The third kappa shape index (κ3) is 1.66. The maximum Gasteiger partial charge on any atom is 0.240 e. The zero-order valence-corrected chi connectivity index (χ0v) is 13.3. The second-order valence-electron chi connectivity index (χ2n) is 7.01. The first kappa shape index (κ1) is 13.9. The maximum atomic E-state index is 12.9. The molecule has 0 spiro atoms. The minimum Gasteiger partial charge on any atom is -0.370 e. The van der Waals surface area contributed by atoms with Gasteiger partial charge in [-0.15, -0.1) is 0 Å². The van der Waals surface area contributed by atoms with Gasteiger partial charge in [0.1, 0.15) is 0 Å². The van der Waals surface area contributed by atoms with Crippen LogP contribution in [0.3, 0.4) is 0 Å². The fraction of sp³-hybridized carbons (Fsp3) is 0.389. The van der Waals surface area contributed by atoms with Gasteiger partial charge < -0.3 is 9.30 Å². The number of imidazole rings is 1. The molecule has 4 atom stereocenters. The number of aromatic nitrogens is 2. The van der Waals surface area contributed by atoms with Crippen molar-refractivity contribution in [2.75, 3.05) is 4.90 Å². The number of anilines is 1. The van der Waals surface area contributed by atoms with Gasteiger partial charge in [0.05, 0.1) is 35.6 Å². The van der Waals surface area contributed by atoms with E-state index in [1.807, 2.05) is 42.0 Å². The molecule has 2 aromatic rings. The van der Waals surface area contributed by atoms with Crippen molar-refractivity contribution in [1.82, 2.24) is 9.55 Å². The molecule has 0 radical (unpaired) electrons. The van der Waals surface area contributed by atoms with Gasteiger partial charge in [0.25, 0.3) is 0 Å². The molecular weight excluding hydrogens is 306 g/mol. The molecule has 3 saturated heterocycles. The van der Waals surface area contributed by atoms with Gasteiger partial charge in [-0.1, -0.05) is 0 Å². The van der Waals surface area contributed by atoms with Crippen molar-refractivity contribution in [3.63, 3.8) is 0 Å². The molecule has 24 heavy (non-hydrogen) atoms. The highest BCUT2D eigenvalue weighted by Gasteiger charge is 2.67. The Morgan fingerprint density at radius 3 is 2.58 bits per heavy atom. The molecule has 1 aromatic heterocycles. The average molecular weight is 323 g/mol. The average Bonchev–Trinajstić information content (AvgIpc) is 3.31. The van der Waals surface area contributed by atoms with Crippen LogP contribution in [0.4, 0.5) is 5.69 Å². The molecule has 3 fully saturated rings. The summed E-state index contributed by atoms with van der Waals surface area (Å²) in [6.07, 6.45) is 6.88. The van der Waals surface area contributed by atoms with Crippen LogP contribution >= 0.6 is 0 Å². The summed E-state index contributed by atoms with van der Waals surface area (Å²) in [7, 11) is 0. The van der Waals surface area contributed by atoms with Gasteiger partial charge in [0, 0.05) is 18.1 Å². The van der Waals surface area contributed by atoms with E-state index < -0.39 is 5.60 Å². The van der Waals surface area contributed by atoms with E-state index in [9.17, 15) is 9.59 Å².